The number of hydrogen-bond acceptors (Lipinski definition) is 2. The van der Waals surface area contributed by atoms with Gasteiger partial charge in [0.15, 0.2) is 0 Å². The quantitative estimate of drug-likeness (QED) is 0.761. The molecule has 6 heteroatoms. The molecule has 0 aromatic heterocycles. The Bertz CT molecular complexity index is 650. The number of benzene rings is 2. The van der Waals surface area contributed by atoms with Gasteiger partial charge in [0.25, 0.3) is 0 Å². The summed E-state index contributed by atoms with van der Waals surface area (Å²) in [7, 11) is 0. The number of hydrogen-bond donors (Lipinski definition) is 3. The topological polar surface area (TPSA) is 61.4 Å². The fourth-order valence-electron chi connectivity index (χ4n) is 2.21. The van der Waals surface area contributed by atoms with E-state index in [9.17, 15) is 13.6 Å². The number of anilines is 1. The molecule has 0 aliphatic rings. The third kappa shape index (κ3) is 5.03. The number of amides is 2. The molecule has 122 valence electrons. The van der Waals surface area contributed by atoms with Gasteiger partial charge in [-0.3, -0.25) is 0 Å². The van der Waals surface area contributed by atoms with Crippen molar-refractivity contribution < 1.29 is 18.7 Å². The second kappa shape index (κ2) is 8.24. The van der Waals surface area contributed by atoms with Crippen LogP contribution in [0, 0.1) is 11.6 Å². The van der Waals surface area contributed by atoms with Crippen LogP contribution in [0.3, 0.4) is 0 Å². The monoisotopic (exact) mass is 320 g/mol. The van der Waals surface area contributed by atoms with E-state index >= 15 is 0 Å². The minimum absolute atomic E-state index is 0.0131. The molecule has 2 amide bonds. The highest BCUT2D eigenvalue weighted by Gasteiger charge is 2.15. The number of aliphatic hydroxyl groups excluding tert-OH is 1. The molecule has 0 fully saturated rings. The molecule has 2 rings (SSSR count). The highest BCUT2D eigenvalue weighted by atomic mass is 19.1. The van der Waals surface area contributed by atoms with Crippen LogP contribution in [0.25, 0.3) is 0 Å². The molecular formula is C17H18F2N2O2. The van der Waals surface area contributed by atoms with Crippen molar-refractivity contribution in [3.05, 3.63) is 65.7 Å². The minimum atomic E-state index is -0.841. The average Bonchev–Trinajstić information content (AvgIpc) is 2.55. The van der Waals surface area contributed by atoms with Gasteiger partial charge >= 0.3 is 6.03 Å². The maximum Gasteiger partial charge on any atom is 0.319 e. The Morgan fingerprint density at radius 1 is 1.13 bits per heavy atom. The fourth-order valence-corrected chi connectivity index (χ4v) is 2.21. The molecule has 2 aromatic carbocycles. The van der Waals surface area contributed by atoms with Crippen LogP contribution in [0.4, 0.5) is 19.3 Å². The van der Waals surface area contributed by atoms with Gasteiger partial charge in [-0.1, -0.05) is 30.3 Å². The summed E-state index contributed by atoms with van der Waals surface area (Å²) in [5.74, 6) is -1.55. The summed E-state index contributed by atoms with van der Waals surface area (Å²) in [5, 5.41) is 14.1. The largest absolute Gasteiger partial charge is 0.396 e. The third-order valence-electron chi connectivity index (χ3n) is 3.34. The van der Waals surface area contributed by atoms with E-state index in [4.69, 9.17) is 5.11 Å². The zero-order valence-corrected chi connectivity index (χ0v) is 12.4. The Kier molecular flexibility index (Phi) is 6.05. The number of nitrogens with one attached hydrogen (secondary N) is 2. The van der Waals surface area contributed by atoms with Crippen molar-refractivity contribution in [3.8, 4) is 0 Å². The minimum Gasteiger partial charge on any atom is -0.396 e. The summed E-state index contributed by atoms with van der Waals surface area (Å²) in [6.45, 7) is 0.0131. The lowest BCUT2D eigenvalue weighted by Crippen LogP contribution is -2.33. The lowest BCUT2D eigenvalue weighted by atomic mass is 10.0. The molecule has 4 nitrogen and oxygen atoms in total. The van der Waals surface area contributed by atoms with Crippen LogP contribution >= 0.6 is 0 Å². The van der Waals surface area contributed by atoms with Crippen molar-refractivity contribution >= 4 is 11.7 Å². The van der Waals surface area contributed by atoms with E-state index in [1.165, 1.54) is 0 Å². The van der Waals surface area contributed by atoms with Crippen LogP contribution in [-0.2, 0) is 0 Å². The lowest BCUT2D eigenvalue weighted by Gasteiger charge is -2.19. The van der Waals surface area contributed by atoms with E-state index in [-0.39, 0.29) is 18.3 Å². The molecule has 3 N–H and O–H groups in total. The molecule has 23 heavy (non-hydrogen) atoms. The van der Waals surface area contributed by atoms with Gasteiger partial charge in [-0.05, 0) is 30.5 Å². The van der Waals surface area contributed by atoms with E-state index in [2.05, 4.69) is 10.6 Å². The molecule has 1 unspecified atom stereocenters. The molecule has 0 saturated carbocycles. The van der Waals surface area contributed by atoms with E-state index in [0.717, 1.165) is 17.7 Å². The summed E-state index contributed by atoms with van der Waals surface area (Å²) in [4.78, 5) is 12.1. The first kappa shape index (κ1) is 16.9. The van der Waals surface area contributed by atoms with E-state index in [1.54, 1.807) is 0 Å². The Hall–Kier alpha value is -2.47. The summed E-state index contributed by atoms with van der Waals surface area (Å²) in [5.41, 5.74) is 0.786. The maximum atomic E-state index is 13.6. The van der Waals surface area contributed by atoms with Gasteiger partial charge in [0.05, 0.1) is 11.7 Å². The number of halogens is 2. The molecule has 0 heterocycles. The number of carbonyl (C=O) groups excluding carboxylic acids is 1. The zero-order chi connectivity index (χ0) is 16.7. The first-order valence-corrected chi connectivity index (χ1v) is 7.28. The highest BCUT2D eigenvalue weighted by molar-refractivity contribution is 5.89. The van der Waals surface area contributed by atoms with Gasteiger partial charge in [0, 0.05) is 12.7 Å². The van der Waals surface area contributed by atoms with Crippen LogP contribution in [0.5, 0.6) is 0 Å². The first-order valence-electron chi connectivity index (χ1n) is 7.28. The van der Waals surface area contributed by atoms with E-state index in [0.29, 0.717) is 18.9 Å². The Balaban J connectivity index is 2.05. The van der Waals surface area contributed by atoms with Crippen molar-refractivity contribution in [2.24, 2.45) is 0 Å². The van der Waals surface area contributed by atoms with Gasteiger partial charge in [-0.15, -0.1) is 0 Å². The predicted molar refractivity (Wildman–Crippen MR) is 84.0 cm³/mol. The SMILES string of the molecule is O=C(Nc1ccc(F)cc1F)NC(CCCO)c1ccccc1. The summed E-state index contributed by atoms with van der Waals surface area (Å²) < 4.78 is 26.4. The van der Waals surface area contributed by atoms with Gasteiger partial charge < -0.3 is 15.7 Å². The highest BCUT2D eigenvalue weighted by Crippen LogP contribution is 2.19. The molecule has 0 aliphatic carbocycles. The van der Waals surface area contributed by atoms with Crippen molar-refractivity contribution in [2.75, 3.05) is 11.9 Å². The summed E-state index contributed by atoms with van der Waals surface area (Å²) in [6.07, 6.45) is 1.06. The Morgan fingerprint density at radius 2 is 1.87 bits per heavy atom. The number of carbonyl (C=O) groups is 1. The lowest BCUT2D eigenvalue weighted by molar-refractivity contribution is 0.243. The summed E-state index contributed by atoms with van der Waals surface area (Å²) in [6, 6.07) is 11.3. The van der Waals surface area contributed by atoms with Crippen molar-refractivity contribution in [2.45, 2.75) is 18.9 Å². The van der Waals surface area contributed by atoms with E-state index < -0.39 is 17.7 Å². The van der Waals surface area contributed by atoms with Crippen LogP contribution in [-0.4, -0.2) is 17.7 Å². The van der Waals surface area contributed by atoms with Gasteiger partial charge in [0.2, 0.25) is 0 Å². The first-order chi connectivity index (χ1) is 11.1. The van der Waals surface area contributed by atoms with Gasteiger partial charge in [0.1, 0.15) is 11.6 Å². The average molecular weight is 320 g/mol. The third-order valence-corrected chi connectivity index (χ3v) is 3.34. The Morgan fingerprint density at radius 3 is 2.52 bits per heavy atom. The number of aliphatic hydroxyl groups is 1. The molecule has 0 saturated heterocycles. The number of urea groups is 1. The summed E-state index contributed by atoms with van der Waals surface area (Å²) >= 11 is 0. The molecule has 0 bridgehead atoms. The second-order valence-electron chi connectivity index (χ2n) is 5.05. The molecular weight excluding hydrogens is 302 g/mol. The molecule has 0 radical (unpaired) electrons. The Labute approximate surface area is 133 Å². The van der Waals surface area contributed by atoms with Crippen LogP contribution < -0.4 is 10.6 Å². The standard InChI is InChI=1S/C17H18F2N2O2/c18-13-8-9-16(14(19)11-13)21-17(23)20-15(7-4-10-22)12-5-2-1-3-6-12/h1-3,5-6,8-9,11,15,22H,4,7,10H2,(H2,20,21,23). The normalized spacial score (nSPS) is 11.8. The van der Waals surface area contributed by atoms with Gasteiger partial charge in [-0.25, -0.2) is 13.6 Å². The second-order valence-corrected chi connectivity index (χ2v) is 5.05. The molecule has 2 aromatic rings. The molecule has 1 atom stereocenters. The van der Waals surface area contributed by atoms with Gasteiger partial charge in [-0.2, -0.15) is 0 Å². The van der Waals surface area contributed by atoms with Crippen LogP contribution in [0.15, 0.2) is 48.5 Å². The molecule has 0 aliphatic heterocycles. The van der Waals surface area contributed by atoms with Crippen molar-refractivity contribution in [1.29, 1.82) is 0 Å². The van der Waals surface area contributed by atoms with Crippen molar-refractivity contribution in [1.82, 2.24) is 5.32 Å². The fraction of sp³-hybridized carbons (Fsp3) is 0.235. The van der Waals surface area contributed by atoms with Crippen LogP contribution in [0.2, 0.25) is 0 Å². The molecule has 0 spiro atoms. The van der Waals surface area contributed by atoms with E-state index in [1.807, 2.05) is 30.3 Å². The zero-order valence-electron chi connectivity index (χ0n) is 12.4. The predicted octanol–water partition coefficient (Wildman–Crippen LogP) is 3.60. The smallest absolute Gasteiger partial charge is 0.319 e. The maximum absolute atomic E-state index is 13.6. The van der Waals surface area contributed by atoms with Crippen molar-refractivity contribution in [3.63, 3.8) is 0 Å². The van der Waals surface area contributed by atoms with Crippen LogP contribution in [0.1, 0.15) is 24.4 Å². The number of rotatable bonds is 6.